The molecule has 0 saturated heterocycles. The minimum Gasteiger partial charge on any atom is -0.466 e. The number of hydrogen-bond acceptors (Lipinski definition) is 4. The molecule has 0 atom stereocenters. The SMILES string of the molecule is Cc1cc(C(=O)OCC(=O)c2cc(C)n(C(C)C)c2C)c(C)o1. The molecule has 0 bridgehead atoms. The van der Waals surface area contributed by atoms with Gasteiger partial charge < -0.3 is 13.7 Å². The number of Topliss-reactive ketones (excluding diaryl/α,β-unsaturated/α-hetero) is 1. The van der Waals surface area contributed by atoms with Gasteiger partial charge in [-0.2, -0.15) is 0 Å². The van der Waals surface area contributed by atoms with Crippen molar-refractivity contribution >= 4 is 11.8 Å². The molecule has 5 heteroatoms. The van der Waals surface area contributed by atoms with Crippen molar-refractivity contribution in [2.75, 3.05) is 6.61 Å². The Morgan fingerprint density at radius 2 is 1.78 bits per heavy atom. The van der Waals surface area contributed by atoms with E-state index in [4.69, 9.17) is 9.15 Å². The van der Waals surface area contributed by atoms with Crippen molar-refractivity contribution in [2.24, 2.45) is 0 Å². The lowest BCUT2D eigenvalue weighted by Gasteiger charge is -2.13. The lowest BCUT2D eigenvalue weighted by Crippen LogP contribution is -2.15. The van der Waals surface area contributed by atoms with Gasteiger partial charge in [-0.05, 0) is 53.7 Å². The summed E-state index contributed by atoms with van der Waals surface area (Å²) in [5.74, 6) is 0.403. The van der Waals surface area contributed by atoms with E-state index in [-0.39, 0.29) is 18.4 Å². The zero-order chi connectivity index (χ0) is 17.3. The highest BCUT2D eigenvalue weighted by Gasteiger charge is 2.20. The molecule has 0 amide bonds. The first-order chi connectivity index (χ1) is 10.7. The summed E-state index contributed by atoms with van der Waals surface area (Å²) in [6, 6.07) is 3.74. The summed E-state index contributed by atoms with van der Waals surface area (Å²) >= 11 is 0. The summed E-state index contributed by atoms with van der Waals surface area (Å²) in [6.07, 6.45) is 0. The minimum absolute atomic E-state index is 0.198. The first-order valence-corrected chi connectivity index (χ1v) is 7.68. The van der Waals surface area contributed by atoms with Crippen LogP contribution in [0.15, 0.2) is 16.5 Å². The van der Waals surface area contributed by atoms with Gasteiger partial charge in [0, 0.05) is 23.0 Å². The monoisotopic (exact) mass is 317 g/mol. The summed E-state index contributed by atoms with van der Waals surface area (Å²) < 4.78 is 12.5. The Balaban J connectivity index is 2.10. The molecule has 5 nitrogen and oxygen atoms in total. The number of esters is 1. The number of ether oxygens (including phenoxy) is 1. The maximum absolute atomic E-state index is 12.4. The normalized spacial score (nSPS) is 11.1. The van der Waals surface area contributed by atoms with Gasteiger partial charge in [-0.15, -0.1) is 0 Å². The smallest absolute Gasteiger partial charge is 0.342 e. The Morgan fingerprint density at radius 1 is 1.13 bits per heavy atom. The average molecular weight is 317 g/mol. The molecule has 0 aliphatic rings. The van der Waals surface area contributed by atoms with Gasteiger partial charge in [0.05, 0.1) is 0 Å². The van der Waals surface area contributed by atoms with E-state index in [0.29, 0.717) is 22.6 Å². The number of nitrogens with zero attached hydrogens (tertiary/aromatic N) is 1. The van der Waals surface area contributed by atoms with Crippen LogP contribution < -0.4 is 0 Å². The number of aromatic nitrogens is 1. The van der Waals surface area contributed by atoms with Crippen LogP contribution in [0.25, 0.3) is 0 Å². The quantitative estimate of drug-likeness (QED) is 0.619. The maximum atomic E-state index is 12.4. The van der Waals surface area contributed by atoms with E-state index in [0.717, 1.165) is 11.4 Å². The van der Waals surface area contributed by atoms with Gasteiger partial charge in [0.2, 0.25) is 5.78 Å². The first-order valence-electron chi connectivity index (χ1n) is 7.68. The molecule has 0 unspecified atom stereocenters. The lowest BCUT2D eigenvalue weighted by molar-refractivity contribution is 0.0472. The second-order valence-corrected chi connectivity index (χ2v) is 6.07. The topological polar surface area (TPSA) is 61.4 Å². The van der Waals surface area contributed by atoms with Gasteiger partial charge in [0.15, 0.2) is 6.61 Å². The van der Waals surface area contributed by atoms with Gasteiger partial charge in [0.25, 0.3) is 0 Å². The average Bonchev–Trinajstić information content (AvgIpc) is 2.94. The van der Waals surface area contributed by atoms with Crippen molar-refractivity contribution in [1.29, 1.82) is 0 Å². The van der Waals surface area contributed by atoms with E-state index in [1.807, 2.05) is 19.9 Å². The van der Waals surface area contributed by atoms with Gasteiger partial charge in [-0.25, -0.2) is 4.79 Å². The summed E-state index contributed by atoms with van der Waals surface area (Å²) in [7, 11) is 0. The van der Waals surface area contributed by atoms with Gasteiger partial charge in [0.1, 0.15) is 17.1 Å². The molecule has 0 radical (unpaired) electrons. The molecule has 2 heterocycles. The first kappa shape index (κ1) is 17.1. The molecule has 0 aromatic carbocycles. The van der Waals surface area contributed by atoms with Crippen molar-refractivity contribution < 1.29 is 18.7 Å². The van der Waals surface area contributed by atoms with Gasteiger partial charge in [-0.3, -0.25) is 4.79 Å². The molecule has 2 aromatic rings. The fraction of sp³-hybridized carbons (Fsp3) is 0.444. The van der Waals surface area contributed by atoms with E-state index in [9.17, 15) is 9.59 Å². The molecule has 0 aliphatic heterocycles. The number of aryl methyl sites for hydroxylation is 3. The van der Waals surface area contributed by atoms with Crippen LogP contribution in [0.3, 0.4) is 0 Å². The second-order valence-electron chi connectivity index (χ2n) is 6.07. The van der Waals surface area contributed by atoms with Crippen LogP contribution in [0.2, 0.25) is 0 Å². The molecular formula is C18H23NO4. The van der Waals surface area contributed by atoms with E-state index < -0.39 is 5.97 Å². The third-order valence-corrected chi connectivity index (χ3v) is 3.90. The minimum atomic E-state index is -0.537. The number of carbonyl (C=O) groups excluding carboxylic acids is 2. The molecule has 0 spiro atoms. The van der Waals surface area contributed by atoms with Crippen molar-refractivity contribution in [3.05, 3.63) is 46.2 Å². The Labute approximate surface area is 136 Å². The highest BCUT2D eigenvalue weighted by molar-refractivity contribution is 6.00. The number of furan rings is 1. The molecule has 2 aromatic heterocycles. The Morgan fingerprint density at radius 3 is 2.26 bits per heavy atom. The molecule has 0 fully saturated rings. The van der Waals surface area contributed by atoms with Crippen molar-refractivity contribution in [3.63, 3.8) is 0 Å². The predicted octanol–water partition coefficient (Wildman–Crippen LogP) is 3.94. The second kappa shape index (κ2) is 6.44. The van der Waals surface area contributed by atoms with Crippen LogP contribution in [-0.2, 0) is 4.74 Å². The zero-order valence-electron chi connectivity index (χ0n) is 14.5. The molecule has 23 heavy (non-hydrogen) atoms. The predicted molar refractivity (Wildman–Crippen MR) is 87.1 cm³/mol. The van der Waals surface area contributed by atoms with E-state index in [1.165, 1.54) is 0 Å². The number of hydrogen-bond donors (Lipinski definition) is 0. The van der Waals surface area contributed by atoms with Gasteiger partial charge in [-0.1, -0.05) is 0 Å². The van der Waals surface area contributed by atoms with Crippen LogP contribution in [0, 0.1) is 27.7 Å². The van der Waals surface area contributed by atoms with E-state index >= 15 is 0 Å². The molecular weight excluding hydrogens is 294 g/mol. The van der Waals surface area contributed by atoms with Crippen LogP contribution in [0.5, 0.6) is 0 Å². The highest BCUT2D eigenvalue weighted by atomic mass is 16.5. The van der Waals surface area contributed by atoms with E-state index in [2.05, 4.69) is 18.4 Å². The summed E-state index contributed by atoms with van der Waals surface area (Å²) in [6.45, 7) is 11.2. The van der Waals surface area contributed by atoms with Crippen molar-refractivity contribution in [3.8, 4) is 0 Å². The molecule has 0 N–H and O–H groups in total. The zero-order valence-corrected chi connectivity index (χ0v) is 14.5. The highest BCUT2D eigenvalue weighted by Crippen LogP contribution is 2.21. The van der Waals surface area contributed by atoms with Crippen LogP contribution in [0.4, 0.5) is 0 Å². The number of rotatable bonds is 5. The fourth-order valence-corrected chi connectivity index (χ4v) is 2.97. The summed E-state index contributed by atoms with van der Waals surface area (Å²) in [5, 5.41) is 0. The Bertz CT molecular complexity index is 749. The third-order valence-electron chi connectivity index (χ3n) is 3.90. The fourth-order valence-electron chi connectivity index (χ4n) is 2.97. The van der Waals surface area contributed by atoms with Crippen LogP contribution in [-0.4, -0.2) is 22.9 Å². The van der Waals surface area contributed by atoms with Crippen LogP contribution in [0.1, 0.15) is 63.5 Å². The maximum Gasteiger partial charge on any atom is 0.342 e. The Kier molecular flexibility index (Phi) is 4.78. The summed E-state index contributed by atoms with van der Waals surface area (Å²) in [5.41, 5.74) is 2.88. The lowest BCUT2D eigenvalue weighted by atomic mass is 10.1. The van der Waals surface area contributed by atoms with Gasteiger partial charge >= 0.3 is 5.97 Å². The number of ketones is 1. The van der Waals surface area contributed by atoms with E-state index in [1.54, 1.807) is 19.9 Å². The largest absolute Gasteiger partial charge is 0.466 e. The third kappa shape index (κ3) is 3.38. The van der Waals surface area contributed by atoms with Crippen LogP contribution >= 0.6 is 0 Å². The van der Waals surface area contributed by atoms with Crippen molar-refractivity contribution in [2.45, 2.75) is 47.6 Å². The number of carbonyl (C=O) groups is 2. The standard InChI is InChI=1S/C18H23NO4/c1-10(2)19-11(3)7-15(13(19)5)17(20)9-22-18(21)16-8-12(4)23-14(16)6/h7-8,10H,9H2,1-6H3. The molecule has 0 saturated carbocycles. The Hall–Kier alpha value is -2.30. The van der Waals surface area contributed by atoms with Crippen molar-refractivity contribution in [1.82, 2.24) is 4.57 Å². The molecule has 0 aliphatic carbocycles. The molecule has 2 rings (SSSR count). The molecule has 124 valence electrons. The summed E-state index contributed by atoms with van der Waals surface area (Å²) in [4.78, 5) is 24.4.